The summed E-state index contributed by atoms with van der Waals surface area (Å²) >= 11 is 6.14. The second-order valence-corrected chi connectivity index (χ2v) is 7.92. The molecule has 0 spiro atoms. The molecule has 0 bridgehead atoms. The van der Waals surface area contributed by atoms with Crippen LogP contribution in [0.4, 0.5) is 5.69 Å². The fourth-order valence-corrected chi connectivity index (χ4v) is 4.08. The van der Waals surface area contributed by atoms with Crippen molar-refractivity contribution in [1.29, 1.82) is 0 Å². The maximum Gasteiger partial charge on any atom is 0.256 e. The van der Waals surface area contributed by atoms with Gasteiger partial charge in [-0.25, -0.2) is 0 Å². The Kier molecular flexibility index (Phi) is 5.99. The molecular weight excluding hydrogens is 404 g/mol. The largest absolute Gasteiger partial charge is 0.339 e. The highest BCUT2D eigenvalue weighted by molar-refractivity contribution is 6.31. The summed E-state index contributed by atoms with van der Waals surface area (Å²) in [4.78, 5) is 47.3. The zero-order valence-electron chi connectivity index (χ0n) is 16.6. The SMILES string of the molecule is O=C(Cc1ccccn1)N1CCN(C(=O)c2ccc(Cl)cc2N2CCCC2=O)CC1. The molecule has 7 nitrogen and oxygen atoms in total. The highest BCUT2D eigenvalue weighted by Gasteiger charge is 2.30. The highest BCUT2D eigenvalue weighted by atomic mass is 35.5. The molecule has 3 amide bonds. The number of amides is 3. The van der Waals surface area contributed by atoms with Crippen LogP contribution < -0.4 is 4.90 Å². The van der Waals surface area contributed by atoms with Crippen LogP contribution in [0.1, 0.15) is 28.9 Å². The van der Waals surface area contributed by atoms with Gasteiger partial charge in [-0.05, 0) is 36.8 Å². The van der Waals surface area contributed by atoms with E-state index in [1.807, 2.05) is 18.2 Å². The molecule has 2 saturated heterocycles. The van der Waals surface area contributed by atoms with Crippen molar-refractivity contribution in [1.82, 2.24) is 14.8 Å². The van der Waals surface area contributed by atoms with Crippen molar-refractivity contribution in [2.45, 2.75) is 19.3 Å². The van der Waals surface area contributed by atoms with Gasteiger partial charge in [-0.15, -0.1) is 0 Å². The van der Waals surface area contributed by atoms with E-state index in [1.54, 1.807) is 39.1 Å². The quantitative estimate of drug-likeness (QED) is 0.752. The Balaban J connectivity index is 1.42. The predicted molar refractivity (Wildman–Crippen MR) is 113 cm³/mol. The first-order valence-corrected chi connectivity index (χ1v) is 10.5. The first kappa shape index (κ1) is 20.3. The van der Waals surface area contributed by atoms with Crippen LogP contribution in [0.5, 0.6) is 0 Å². The maximum absolute atomic E-state index is 13.2. The Labute approximate surface area is 180 Å². The zero-order valence-corrected chi connectivity index (χ0v) is 17.3. The van der Waals surface area contributed by atoms with Crippen molar-refractivity contribution < 1.29 is 14.4 Å². The molecule has 156 valence electrons. The van der Waals surface area contributed by atoms with E-state index in [4.69, 9.17) is 11.6 Å². The van der Waals surface area contributed by atoms with E-state index in [9.17, 15) is 14.4 Å². The molecule has 0 radical (unpaired) electrons. The van der Waals surface area contributed by atoms with Gasteiger partial charge in [0.15, 0.2) is 0 Å². The van der Waals surface area contributed by atoms with E-state index in [-0.39, 0.29) is 24.1 Å². The van der Waals surface area contributed by atoms with E-state index in [1.165, 1.54) is 0 Å². The van der Waals surface area contributed by atoms with Crippen molar-refractivity contribution in [3.05, 3.63) is 58.9 Å². The average molecular weight is 427 g/mol. The van der Waals surface area contributed by atoms with Gasteiger partial charge in [-0.1, -0.05) is 17.7 Å². The van der Waals surface area contributed by atoms with Gasteiger partial charge in [0.2, 0.25) is 11.8 Å². The Bertz CT molecular complexity index is 958. The molecule has 2 fully saturated rings. The zero-order chi connectivity index (χ0) is 21.1. The van der Waals surface area contributed by atoms with Crippen LogP contribution in [0.3, 0.4) is 0 Å². The molecule has 0 aliphatic carbocycles. The van der Waals surface area contributed by atoms with Gasteiger partial charge in [-0.2, -0.15) is 0 Å². The van der Waals surface area contributed by atoms with Crippen molar-refractivity contribution in [3.8, 4) is 0 Å². The van der Waals surface area contributed by atoms with Gasteiger partial charge in [0.1, 0.15) is 0 Å². The van der Waals surface area contributed by atoms with E-state index in [0.29, 0.717) is 55.4 Å². The summed E-state index contributed by atoms with van der Waals surface area (Å²) in [5, 5.41) is 0.492. The summed E-state index contributed by atoms with van der Waals surface area (Å²) in [5.41, 5.74) is 1.79. The molecule has 0 N–H and O–H groups in total. The number of carbonyl (C=O) groups is 3. The minimum atomic E-state index is -0.141. The fraction of sp³-hybridized carbons (Fsp3) is 0.364. The molecular formula is C22H23ClN4O3. The molecule has 4 rings (SSSR count). The topological polar surface area (TPSA) is 73.8 Å². The van der Waals surface area contributed by atoms with Crippen LogP contribution >= 0.6 is 11.6 Å². The molecule has 0 unspecified atom stereocenters. The summed E-state index contributed by atoms with van der Waals surface area (Å²) in [6.45, 7) is 2.44. The number of halogens is 1. The Morgan fingerprint density at radius 3 is 2.43 bits per heavy atom. The Morgan fingerprint density at radius 1 is 1.00 bits per heavy atom. The number of aromatic nitrogens is 1. The van der Waals surface area contributed by atoms with Crippen LogP contribution in [0, 0.1) is 0 Å². The molecule has 1 aromatic heterocycles. The minimum absolute atomic E-state index is 0.00986. The molecule has 2 aliphatic heterocycles. The molecule has 1 aromatic carbocycles. The van der Waals surface area contributed by atoms with Crippen molar-refractivity contribution >= 4 is 35.0 Å². The first-order chi connectivity index (χ1) is 14.5. The number of nitrogens with zero attached hydrogens (tertiary/aromatic N) is 4. The molecule has 30 heavy (non-hydrogen) atoms. The van der Waals surface area contributed by atoms with Gasteiger partial charge in [0, 0.05) is 56.1 Å². The number of hydrogen-bond donors (Lipinski definition) is 0. The van der Waals surface area contributed by atoms with Crippen LogP contribution in [0.15, 0.2) is 42.6 Å². The molecule has 3 heterocycles. The third kappa shape index (κ3) is 4.31. The summed E-state index contributed by atoms with van der Waals surface area (Å²) in [5.74, 6) is -0.120. The number of rotatable bonds is 4. The predicted octanol–water partition coefficient (Wildman–Crippen LogP) is 2.39. The normalized spacial score (nSPS) is 16.8. The number of anilines is 1. The number of pyridine rings is 1. The standard InChI is InChI=1S/C22H23ClN4O3/c23-16-6-7-18(19(14-16)27-9-3-5-20(27)28)22(30)26-12-10-25(11-13-26)21(29)15-17-4-1-2-8-24-17/h1-2,4,6-8,14H,3,5,9-13,15H2. The molecule has 2 aromatic rings. The van der Waals surface area contributed by atoms with Crippen molar-refractivity contribution in [2.75, 3.05) is 37.6 Å². The Morgan fingerprint density at radius 2 is 1.77 bits per heavy atom. The van der Waals surface area contributed by atoms with Gasteiger partial charge >= 0.3 is 0 Å². The van der Waals surface area contributed by atoms with Crippen molar-refractivity contribution in [3.63, 3.8) is 0 Å². The minimum Gasteiger partial charge on any atom is -0.339 e. The van der Waals surface area contributed by atoms with Crippen LogP contribution in [-0.2, 0) is 16.0 Å². The number of hydrogen-bond acceptors (Lipinski definition) is 4. The average Bonchev–Trinajstić information content (AvgIpc) is 3.20. The van der Waals surface area contributed by atoms with Crippen LogP contribution in [0.2, 0.25) is 5.02 Å². The van der Waals surface area contributed by atoms with Crippen LogP contribution in [-0.4, -0.2) is 65.2 Å². The molecule has 2 aliphatic rings. The van der Waals surface area contributed by atoms with Gasteiger partial charge in [0.25, 0.3) is 5.91 Å². The van der Waals surface area contributed by atoms with Crippen LogP contribution in [0.25, 0.3) is 0 Å². The van der Waals surface area contributed by atoms with Gasteiger partial charge < -0.3 is 14.7 Å². The first-order valence-electron chi connectivity index (χ1n) is 10.1. The second-order valence-electron chi connectivity index (χ2n) is 7.48. The lowest BCUT2D eigenvalue weighted by Gasteiger charge is -2.35. The summed E-state index contributed by atoms with van der Waals surface area (Å²) in [6, 6.07) is 10.6. The molecule has 8 heteroatoms. The van der Waals surface area contributed by atoms with Gasteiger partial charge in [-0.3, -0.25) is 19.4 Å². The number of piperazine rings is 1. The van der Waals surface area contributed by atoms with Gasteiger partial charge in [0.05, 0.1) is 17.7 Å². The number of carbonyl (C=O) groups excluding carboxylic acids is 3. The second kappa shape index (κ2) is 8.83. The monoisotopic (exact) mass is 426 g/mol. The number of benzene rings is 1. The smallest absolute Gasteiger partial charge is 0.256 e. The third-order valence-corrected chi connectivity index (χ3v) is 5.77. The molecule has 0 atom stereocenters. The summed E-state index contributed by atoms with van der Waals surface area (Å²) < 4.78 is 0. The fourth-order valence-electron chi connectivity index (χ4n) is 3.91. The maximum atomic E-state index is 13.2. The lowest BCUT2D eigenvalue weighted by Crippen LogP contribution is -2.51. The Hall–Kier alpha value is -2.93. The third-order valence-electron chi connectivity index (χ3n) is 5.53. The highest BCUT2D eigenvalue weighted by Crippen LogP contribution is 2.30. The summed E-state index contributed by atoms with van der Waals surface area (Å²) in [7, 11) is 0. The lowest BCUT2D eigenvalue weighted by molar-refractivity contribution is -0.132. The van der Waals surface area contributed by atoms with E-state index < -0.39 is 0 Å². The summed E-state index contributed by atoms with van der Waals surface area (Å²) in [6.07, 6.45) is 3.19. The lowest BCUT2D eigenvalue weighted by atomic mass is 10.1. The van der Waals surface area contributed by atoms with Crippen molar-refractivity contribution in [2.24, 2.45) is 0 Å². The molecule has 0 saturated carbocycles. The van der Waals surface area contributed by atoms with E-state index in [0.717, 1.165) is 12.1 Å². The van der Waals surface area contributed by atoms with E-state index >= 15 is 0 Å². The van der Waals surface area contributed by atoms with E-state index in [2.05, 4.69) is 4.98 Å².